The Morgan fingerprint density at radius 2 is 1.22 bits per heavy atom. The second-order valence-corrected chi connectivity index (χ2v) is 17.2. The highest BCUT2D eigenvalue weighted by molar-refractivity contribution is 7.22. The highest BCUT2D eigenvalue weighted by Gasteiger charge is 2.61. The summed E-state index contributed by atoms with van der Waals surface area (Å²) >= 11 is 1.89. The third kappa shape index (κ3) is 2.81. The van der Waals surface area contributed by atoms with Crippen LogP contribution in [0, 0.1) is 46.3 Å². The largest absolute Gasteiger partial charge is 0.300 e. The van der Waals surface area contributed by atoms with E-state index in [-0.39, 0.29) is 5.41 Å². The smallest absolute Gasteiger partial charge is 0.109 e. The molecule has 0 atom stereocenters. The molecule has 0 saturated heterocycles. The number of fused-ring (bicyclic) bond motifs is 16. The summed E-state index contributed by atoms with van der Waals surface area (Å²) in [5.74, 6) is 3.15. The van der Waals surface area contributed by atoms with Crippen molar-refractivity contribution in [1.82, 2.24) is 4.57 Å². The highest BCUT2D eigenvalue weighted by atomic mass is 32.1. The van der Waals surface area contributed by atoms with Crippen LogP contribution in [0.25, 0.3) is 48.4 Å². The van der Waals surface area contributed by atoms with Gasteiger partial charge in [-0.1, -0.05) is 84.9 Å². The van der Waals surface area contributed by atoms with Crippen molar-refractivity contribution in [3.8, 4) is 39.4 Å². The number of hydrogen-bond acceptors (Lipinski definition) is 3. The molecule has 7 aliphatic rings. The topological polar surface area (TPSA) is 52.5 Å². The summed E-state index contributed by atoms with van der Waals surface area (Å²) in [6.45, 7) is 0. The summed E-state index contributed by atoms with van der Waals surface area (Å²) in [5, 5.41) is 23.3. The molecule has 5 aromatic carbocycles. The number of rotatable bonds is 0. The molecule has 4 fully saturated rings. The van der Waals surface area contributed by atoms with Crippen LogP contribution in [0.3, 0.4) is 0 Å². The molecule has 0 unspecified atom stereocenters. The van der Waals surface area contributed by atoms with Crippen LogP contribution in [-0.2, 0) is 10.8 Å². The fraction of sp³-hybridized carbons (Fsp3) is 0.234. The molecule has 3 heterocycles. The summed E-state index contributed by atoms with van der Waals surface area (Å²) in [5.41, 5.74) is 14.8. The van der Waals surface area contributed by atoms with E-state index in [2.05, 4.69) is 108 Å². The predicted octanol–water partition coefficient (Wildman–Crippen LogP) is 11.0. The van der Waals surface area contributed by atoms with Crippen molar-refractivity contribution in [3.05, 3.63) is 148 Å². The van der Waals surface area contributed by atoms with E-state index in [0.29, 0.717) is 23.0 Å². The quantitative estimate of drug-likeness (QED) is 0.161. The van der Waals surface area contributed by atoms with Crippen molar-refractivity contribution in [2.24, 2.45) is 23.7 Å². The predicted molar refractivity (Wildman–Crippen MR) is 202 cm³/mol. The number of benzene rings is 5. The molecule has 0 radical (unpaired) electrons. The average Bonchev–Trinajstić information content (AvgIpc) is 3.87. The minimum absolute atomic E-state index is 0.0553. The zero-order valence-electron chi connectivity index (χ0n) is 27.9. The lowest BCUT2D eigenvalue weighted by Gasteiger charge is -2.63. The maximum Gasteiger partial charge on any atom is 0.109 e. The van der Waals surface area contributed by atoms with Crippen LogP contribution in [0.2, 0.25) is 0 Å². The Kier molecular flexibility index (Phi) is 4.76. The Labute approximate surface area is 300 Å². The second kappa shape index (κ2) is 8.89. The molecule has 1 aliphatic heterocycles. The second-order valence-electron chi connectivity index (χ2n) is 16.2. The fourth-order valence-corrected chi connectivity index (χ4v) is 14.6. The van der Waals surface area contributed by atoms with Gasteiger partial charge in [0.15, 0.2) is 0 Å². The first kappa shape index (κ1) is 27.3. The number of thiophene rings is 1. The molecular weight excluding hydrogens is 639 g/mol. The van der Waals surface area contributed by atoms with Crippen molar-refractivity contribution < 1.29 is 0 Å². The van der Waals surface area contributed by atoms with E-state index >= 15 is 0 Å². The van der Waals surface area contributed by atoms with Crippen LogP contribution < -0.4 is 0 Å². The van der Waals surface area contributed by atoms with Crippen molar-refractivity contribution in [1.29, 1.82) is 10.5 Å². The minimum Gasteiger partial charge on any atom is -0.300 e. The van der Waals surface area contributed by atoms with E-state index in [1.807, 2.05) is 23.5 Å². The lowest BCUT2D eigenvalue weighted by Crippen LogP contribution is -2.57. The number of nitrogens with zero attached hydrogens (tertiary/aromatic N) is 3. The molecule has 51 heavy (non-hydrogen) atoms. The van der Waals surface area contributed by atoms with E-state index in [0.717, 1.165) is 23.0 Å². The summed E-state index contributed by atoms with van der Waals surface area (Å²) in [6, 6.07) is 43.3. The number of nitriles is 2. The zero-order chi connectivity index (χ0) is 33.4. The number of aromatic nitrogens is 1. The standard InChI is InChI=1S/C47H31N3S/c48-23-27-21-34-39(22-28(27)24-49)47(35-11-3-1-8-31(35)32-9-2-4-12-36(32)47)42-41-33-10-7-14-38-43(33)50(45(41)51-44(34)42)40-15-6-5-13-37(40)46(38)29-17-25-16-26(19-29)20-30(46)18-25/h1-15,21-22,25-26,29-30H,16-20H2. The van der Waals surface area contributed by atoms with Gasteiger partial charge in [0.2, 0.25) is 0 Å². The van der Waals surface area contributed by atoms with Gasteiger partial charge < -0.3 is 4.57 Å². The van der Waals surface area contributed by atoms with E-state index in [1.165, 1.54) is 91.6 Å². The third-order valence-electron chi connectivity index (χ3n) is 14.5. The van der Waals surface area contributed by atoms with Crippen LogP contribution in [0.5, 0.6) is 0 Å². The van der Waals surface area contributed by atoms with E-state index in [4.69, 9.17) is 0 Å². The first-order chi connectivity index (χ1) is 25.2. The van der Waals surface area contributed by atoms with Gasteiger partial charge in [0.05, 0.1) is 27.7 Å². The molecule has 240 valence electrons. The van der Waals surface area contributed by atoms with Crippen LogP contribution in [0.4, 0.5) is 0 Å². The normalized spacial score (nSPS) is 25.8. The molecule has 4 heteroatoms. The Hall–Kier alpha value is -5.42. The maximum atomic E-state index is 10.4. The first-order valence-corrected chi connectivity index (χ1v) is 19.4. The number of para-hydroxylation sites is 2. The van der Waals surface area contributed by atoms with Crippen LogP contribution in [0.1, 0.15) is 76.6 Å². The summed E-state index contributed by atoms with van der Waals surface area (Å²) in [4.78, 5) is 2.52. The molecule has 7 aromatic rings. The van der Waals surface area contributed by atoms with Crippen molar-refractivity contribution in [2.45, 2.75) is 42.9 Å². The molecule has 4 saturated carbocycles. The fourth-order valence-electron chi connectivity index (χ4n) is 13.2. The SMILES string of the molecule is N#Cc1cc2c(cc1C#N)C1(c3ccccc3-c3ccccc31)c1c-2sc2c1c1cccc3c1n2-c1ccccc1C31C2CC3CC(C2)CC1C3. The Morgan fingerprint density at radius 3 is 1.90 bits per heavy atom. The molecule has 0 N–H and O–H groups in total. The molecule has 14 rings (SSSR count). The van der Waals surface area contributed by atoms with Gasteiger partial charge in [0.25, 0.3) is 0 Å². The van der Waals surface area contributed by atoms with Gasteiger partial charge in [-0.2, -0.15) is 10.5 Å². The molecular formula is C47H31N3S. The Balaban J connectivity index is 1.23. The number of hydrogen-bond donors (Lipinski definition) is 0. The molecule has 3 nitrogen and oxygen atoms in total. The molecule has 2 spiro atoms. The van der Waals surface area contributed by atoms with Gasteiger partial charge in [-0.25, -0.2) is 0 Å². The van der Waals surface area contributed by atoms with Crippen molar-refractivity contribution >= 4 is 32.5 Å². The maximum absolute atomic E-state index is 10.4. The van der Waals surface area contributed by atoms with Crippen LogP contribution in [-0.4, -0.2) is 4.57 Å². The molecule has 4 bridgehead atoms. The Bertz CT molecular complexity index is 2790. The zero-order valence-corrected chi connectivity index (χ0v) is 28.7. The average molecular weight is 670 g/mol. The van der Waals surface area contributed by atoms with Gasteiger partial charge in [-0.3, -0.25) is 0 Å². The van der Waals surface area contributed by atoms with E-state index < -0.39 is 5.41 Å². The Morgan fingerprint density at radius 1 is 0.608 bits per heavy atom. The first-order valence-electron chi connectivity index (χ1n) is 18.6. The lowest BCUT2D eigenvalue weighted by atomic mass is 9.41. The third-order valence-corrected chi connectivity index (χ3v) is 15.7. The van der Waals surface area contributed by atoms with E-state index in [1.54, 1.807) is 11.1 Å². The summed E-state index contributed by atoms with van der Waals surface area (Å²) < 4.78 is 2.64. The lowest BCUT2D eigenvalue weighted by molar-refractivity contribution is -0.0418. The minimum atomic E-state index is -0.599. The van der Waals surface area contributed by atoms with Crippen LogP contribution >= 0.6 is 11.3 Å². The van der Waals surface area contributed by atoms with Crippen LogP contribution in [0.15, 0.2) is 103 Å². The summed E-state index contributed by atoms with van der Waals surface area (Å²) in [7, 11) is 0. The van der Waals surface area contributed by atoms with Gasteiger partial charge in [-0.05, 0) is 118 Å². The monoisotopic (exact) mass is 669 g/mol. The molecule has 6 aliphatic carbocycles. The van der Waals surface area contributed by atoms with Gasteiger partial charge in [0.1, 0.15) is 17.0 Å². The highest BCUT2D eigenvalue weighted by Crippen LogP contribution is 2.71. The van der Waals surface area contributed by atoms with Gasteiger partial charge in [-0.15, -0.1) is 11.3 Å². The van der Waals surface area contributed by atoms with E-state index in [9.17, 15) is 10.5 Å². The van der Waals surface area contributed by atoms with Crippen molar-refractivity contribution in [2.75, 3.05) is 0 Å². The molecule has 0 amide bonds. The van der Waals surface area contributed by atoms with Gasteiger partial charge in [0, 0.05) is 26.6 Å². The summed E-state index contributed by atoms with van der Waals surface area (Å²) in [6.07, 6.45) is 6.88. The van der Waals surface area contributed by atoms with Gasteiger partial charge >= 0.3 is 0 Å². The molecule has 2 aromatic heterocycles. The van der Waals surface area contributed by atoms with Crippen molar-refractivity contribution in [3.63, 3.8) is 0 Å².